The van der Waals surface area contributed by atoms with Crippen molar-refractivity contribution in [1.29, 1.82) is 5.26 Å². The van der Waals surface area contributed by atoms with Crippen LogP contribution in [0.2, 0.25) is 0 Å². The number of hydrogen-bond donors (Lipinski definition) is 0. The Bertz CT molecular complexity index is 1030. The van der Waals surface area contributed by atoms with E-state index in [4.69, 9.17) is 10.2 Å². The second-order valence-electron chi connectivity index (χ2n) is 6.61. The summed E-state index contributed by atoms with van der Waals surface area (Å²) in [5.41, 5.74) is 2.57. The molecule has 26 heavy (non-hydrogen) atoms. The van der Waals surface area contributed by atoms with Gasteiger partial charge in [0.05, 0.1) is 28.6 Å². The predicted molar refractivity (Wildman–Crippen MR) is 107 cm³/mol. The van der Waals surface area contributed by atoms with Gasteiger partial charge in [-0.2, -0.15) is 5.26 Å². The van der Waals surface area contributed by atoms with Crippen molar-refractivity contribution in [3.05, 3.63) is 64.4 Å². The van der Waals surface area contributed by atoms with Crippen LogP contribution < -0.4 is 5.56 Å². The first-order valence-electron chi connectivity index (χ1n) is 8.66. The Hall–Kier alpha value is -2.58. The molecule has 0 aliphatic rings. The lowest BCUT2D eigenvalue weighted by molar-refractivity contribution is 0.776. The van der Waals surface area contributed by atoms with Crippen molar-refractivity contribution in [3.8, 4) is 11.8 Å². The third kappa shape index (κ3) is 3.51. The molecular weight excluding hydrogens is 342 g/mol. The zero-order valence-corrected chi connectivity index (χ0v) is 16.0. The van der Waals surface area contributed by atoms with Gasteiger partial charge in [0.2, 0.25) is 0 Å². The fraction of sp³-hybridized carbons (Fsp3) is 0.286. The van der Waals surface area contributed by atoms with Crippen molar-refractivity contribution < 1.29 is 0 Å². The minimum absolute atomic E-state index is 0.0733. The zero-order chi connectivity index (χ0) is 18.7. The normalized spacial score (nSPS) is 12.3. The summed E-state index contributed by atoms with van der Waals surface area (Å²) in [6.45, 7) is 6.10. The van der Waals surface area contributed by atoms with Gasteiger partial charge in [0.1, 0.15) is 0 Å². The smallest absolute Gasteiger partial charge is 0.266 e. The Morgan fingerprint density at radius 1 is 1.12 bits per heavy atom. The number of para-hydroxylation sites is 2. The summed E-state index contributed by atoms with van der Waals surface area (Å²) in [7, 11) is 0. The lowest BCUT2D eigenvalue weighted by atomic mass is 10.0. The summed E-state index contributed by atoms with van der Waals surface area (Å²) in [6, 6.07) is 17.6. The highest BCUT2D eigenvalue weighted by molar-refractivity contribution is 7.99. The summed E-state index contributed by atoms with van der Waals surface area (Å²) in [5, 5.41) is 10.3. The molecule has 0 saturated carbocycles. The van der Waals surface area contributed by atoms with Crippen LogP contribution in [0.5, 0.6) is 0 Å². The van der Waals surface area contributed by atoms with Gasteiger partial charge < -0.3 is 0 Å². The van der Waals surface area contributed by atoms with E-state index in [9.17, 15) is 4.79 Å². The Labute approximate surface area is 157 Å². The van der Waals surface area contributed by atoms with Gasteiger partial charge >= 0.3 is 0 Å². The highest BCUT2D eigenvalue weighted by Crippen LogP contribution is 2.27. The van der Waals surface area contributed by atoms with Crippen molar-refractivity contribution in [3.63, 3.8) is 0 Å². The Morgan fingerprint density at radius 2 is 1.81 bits per heavy atom. The summed E-state index contributed by atoms with van der Waals surface area (Å²) in [4.78, 5) is 18.0. The SMILES string of the molecule is CC(C)c1ccccc1-n1c(SC[C@@H](C)C#N)nc2ccccc2c1=O. The van der Waals surface area contributed by atoms with Gasteiger partial charge in [0.15, 0.2) is 5.16 Å². The van der Waals surface area contributed by atoms with Crippen molar-refractivity contribution in [1.82, 2.24) is 9.55 Å². The molecule has 0 radical (unpaired) electrons. The van der Waals surface area contributed by atoms with E-state index >= 15 is 0 Å². The van der Waals surface area contributed by atoms with Crippen LogP contribution in [0.4, 0.5) is 0 Å². The van der Waals surface area contributed by atoms with Crippen LogP contribution >= 0.6 is 11.8 Å². The molecule has 0 aliphatic heterocycles. The topological polar surface area (TPSA) is 58.7 Å². The molecule has 0 saturated heterocycles. The Balaban J connectivity index is 2.27. The number of benzene rings is 2. The molecule has 4 nitrogen and oxygen atoms in total. The van der Waals surface area contributed by atoms with Gasteiger partial charge in [-0.1, -0.05) is 55.9 Å². The second kappa shape index (κ2) is 7.76. The lowest BCUT2D eigenvalue weighted by Gasteiger charge is -2.18. The first-order chi connectivity index (χ1) is 12.5. The van der Waals surface area contributed by atoms with Crippen LogP contribution in [0.3, 0.4) is 0 Å². The molecule has 132 valence electrons. The molecule has 0 amide bonds. The molecule has 3 rings (SSSR count). The van der Waals surface area contributed by atoms with Gasteiger partial charge in [0, 0.05) is 5.75 Å². The van der Waals surface area contributed by atoms with Crippen molar-refractivity contribution >= 4 is 22.7 Å². The third-order valence-electron chi connectivity index (χ3n) is 4.23. The minimum atomic E-state index is -0.114. The molecule has 0 spiro atoms. The van der Waals surface area contributed by atoms with Gasteiger partial charge in [-0.3, -0.25) is 9.36 Å². The molecule has 1 atom stereocenters. The quantitative estimate of drug-likeness (QED) is 0.484. The standard InChI is InChI=1S/C21H21N3OS/c1-14(2)16-8-5-7-11-19(16)24-20(25)17-9-4-6-10-18(17)23-21(24)26-13-15(3)12-22/h4-11,14-15H,13H2,1-3H3/t15-/m0/s1. The maximum Gasteiger partial charge on any atom is 0.266 e. The van der Waals surface area contributed by atoms with Crippen LogP contribution in [0.25, 0.3) is 16.6 Å². The summed E-state index contributed by atoms with van der Waals surface area (Å²) >= 11 is 1.45. The molecule has 1 aromatic heterocycles. The summed E-state index contributed by atoms with van der Waals surface area (Å²) < 4.78 is 1.70. The van der Waals surface area contributed by atoms with Gasteiger partial charge in [-0.05, 0) is 36.6 Å². The number of rotatable bonds is 5. The van der Waals surface area contributed by atoms with Gasteiger partial charge in [-0.25, -0.2) is 4.98 Å². The number of nitrogens with zero attached hydrogens (tertiary/aromatic N) is 3. The summed E-state index contributed by atoms with van der Waals surface area (Å²) in [6.07, 6.45) is 0. The molecule has 0 N–H and O–H groups in total. The molecule has 2 aromatic carbocycles. The van der Waals surface area contributed by atoms with E-state index < -0.39 is 0 Å². The summed E-state index contributed by atoms with van der Waals surface area (Å²) in [5.74, 6) is 0.753. The maximum absolute atomic E-state index is 13.3. The monoisotopic (exact) mass is 363 g/mol. The van der Waals surface area contributed by atoms with Crippen LogP contribution in [-0.2, 0) is 0 Å². The molecule has 0 unspecified atom stereocenters. The molecular formula is C21H21N3OS. The van der Waals surface area contributed by atoms with E-state index in [1.54, 1.807) is 4.57 Å². The average Bonchev–Trinajstić information content (AvgIpc) is 2.66. The Kier molecular flexibility index (Phi) is 5.43. The van der Waals surface area contributed by atoms with E-state index in [0.29, 0.717) is 21.8 Å². The lowest BCUT2D eigenvalue weighted by Crippen LogP contribution is -2.23. The Morgan fingerprint density at radius 3 is 2.54 bits per heavy atom. The number of fused-ring (bicyclic) bond motifs is 1. The number of thioether (sulfide) groups is 1. The molecule has 0 bridgehead atoms. The molecule has 0 aliphatic carbocycles. The zero-order valence-electron chi connectivity index (χ0n) is 15.1. The van der Waals surface area contributed by atoms with Gasteiger partial charge in [0.25, 0.3) is 5.56 Å². The maximum atomic E-state index is 13.3. The fourth-order valence-corrected chi connectivity index (χ4v) is 3.78. The average molecular weight is 363 g/mol. The van der Waals surface area contributed by atoms with Crippen LogP contribution in [-0.4, -0.2) is 15.3 Å². The van der Waals surface area contributed by atoms with E-state index in [-0.39, 0.29) is 17.4 Å². The first-order valence-corrected chi connectivity index (χ1v) is 9.65. The largest absolute Gasteiger partial charge is 0.268 e. The first kappa shape index (κ1) is 18.2. The molecule has 0 fully saturated rings. The number of aromatic nitrogens is 2. The third-order valence-corrected chi connectivity index (χ3v) is 5.43. The van der Waals surface area contributed by atoms with Crippen molar-refractivity contribution in [2.75, 3.05) is 5.75 Å². The van der Waals surface area contributed by atoms with Crippen LogP contribution in [0.1, 0.15) is 32.3 Å². The fourth-order valence-electron chi connectivity index (χ4n) is 2.84. The highest BCUT2D eigenvalue weighted by atomic mass is 32.2. The van der Waals surface area contributed by atoms with Crippen molar-refractivity contribution in [2.45, 2.75) is 31.8 Å². The van der Waals surface area contributed by atoms with E-state index in [1.807, 2.05) is 55.5 Å². The van der Waals surface area contributed by atoms with Crippen LogP contribution in [0, 0.1) is 17.2 Å². The van der Waals surface area contributed by atoms with Crippen molar-refractivity contribution in [2.24, 2.45) is 5.92 Å². The molecule has 3 aromatic rings. The molecule has 5 heteroatoms. The number of hydrogen-bond acceptors (Lipinski definition) is 4. The highest BCUT2D eigenvalue weighted by Gasteiger charge is 2.17. The van der Waals surface area contributed by atoms with E-state index in [0.717, 1.165) is 11.3 Å². The van der Waals surface area contributed by atoms with E-state index in [1.165, 1.54) is 11.8 Å². The molecule has 1 heterocycles. The van der Waals surface area contributed by atoms with E-state index in [2.05, 4.69) is 19.9 Å². The second-order valence-corrected chi connectivity index (χ2v) is 7.59. The number of nitriles is 1. The minimum Gasteiger partial charge on any atom is -0.268 e. The van der Waals surface area contributed by atoms with Gasteiger partial charge in [-0.15, -0.1) is 0 Å². The predicted octanol–water partition coefficient (Wildman–Crippen LogP) is 4.76. The van der Waals surface area contributed by atoms with Crippen LogP contribution in [0.15, 0.2) is 58.5 Å².